The molecular formula is C16H13F3O3. The second-order valence-electron chi connectivity index (χ2n) is 4.47. The average Bonchev–Trinajstić information content (AvgIpc) is 2.52. The minimum Gasteiger partial charge on any atom is -0.497 e. The zero-order chi connectivity index (χ0) is 16.3. The summed E-state index contributed by atoms with van der Waals surface area (Å²) in [7, 11) is 2.88. The fourth-order valence-corrected chi connectivity index (χ4v) is 1.95. The molecule has 0 unspecified atom stereocenters. The Hall–Kier alpha value is -2.50. The van der Waals surface area contributed by atoms with Crippen molar-refractivity contribution in [2.24, 2.45) is 0 Å². The minimum atomic E-state index is -4.43. The number of benzene rings is 2. The topological polar surface area (TPSA) is 35.5 Å². The van der Waals surface area contributed by atoms with Gasteiger partial charge in [0.05, 0.1) is 25.3 Å². The van der Waals surface area contributed by atoms with Crippen molar-refractivity contribution in [3.8, 4) is 11.5 Å². The highest BCUT2D eigenvalue weighted by molar-refractivity contribution is 6.10. The van der Waals surface area contributed by atoms with Crippen LogP contribution >= 0.6 is 0 Å². The third-order valence-corrected chi connectivity index (χ3v) is 3.13. The van der Waals surface area contributed by atoms with Crippen molar-refractivity contribution in [3.63, 3.8) is 0 Å². The van der Waals surface area contributed by atoms with Gasteiger partial charge < -0.3 is 9.47 Å². The molecule has 0 fully saturated rings. The lowest BCUT2D eigenvalue weighted by molar-refractivity contribution is -0.137. The number of ether oxygens (including phenoxy) is 2. The van der Waals surface area contributed by atoms with Gasteiger partial charge in [0.25, 0.3) is 0 Å². The van der Waals surface area contributed by atoms with Gasteiger partial charge in [-0.3, -0.25) is 4.79 Å². The Balaban J connectivity index is 2.36. The standard InChI is InChI=1S/C16H13F3O3/c1-21-12-7-8-13(14(9-12)22-2)15(20)10-3-5-11(6-4-10)16(17,18)19/h3-9H,1-2H3. The summed E-state index contributed by atoms with van der Waals surface area (Å²) in [5.41, 5.74) is -0.398. The van der Waals surface area contributed by atoms with Gasteiger partial charge in [0.2, 0.25) is 0 Å². The molecule has 0 aliphatic rings. The van der Waals surface area contributed by atoms with Crippen molar-refractivity contribution in [2.45, 2.75) is 6.18 Å². The van der Waals surface area contributed by atoms with Gasteiger partial charge in [-0.15, -0.1) is 0 Å². The fraction of sp³-hybridized carbons (Fsp3) is 0.188. The zero-order valence-corrected chi connectivity index (χ0v) is 11.9. The molecule has 0 aliphatic heterocycles. The van der Waals surface area contributed by atoms with Crippen LogP contribution in [-0.2, 0) is 6.18 Å². The van der Waals surface area contributed by atoms with Crippen LogP contribution in [0.4, 0.5) is 13.2 Å². The predicted molar refractivity (Wildman–Crippen MR) is 74.4 cm³/mol. The molecule has 0 bridgehead atoms. The Kier molecular flexibility index (Phi) is 4.40. The third-order valence-electron chi connectivity index (χ3n) is 3.13. The van der Waals surface area contributed by atoms with Crippen molar-refractivity contribution >= 4 is 5.78 Å². The monoisotopic (exact) mass is 310 g/mol. The molecule has 0 radical (unpaired) electrons. The first kappa shape index (κ1) is 15.9. The smallest absolute Gasteiger partial charge is 0.416 e. The Morgan fingerprint density at radius 2 is 1.59 bits per heavy atom. The maximum absolute atomic E-state index is 12.5. The molecule has 2 aromatic rings. The normalized spacial score (nSPS) is 11.1. The first-order chi connectivity index (χ1) is 10.4. The minimum absolute atomic E-state index is 0.150. The lowest BCUT2D eigenvalue weighted by Gasteiger charge is -2.10. The van der Waals surface area contributed by atoms with Crippen molar-refractivity contribution in [1.82, 2.24) is 0 Å². The number of alkyl halides is 3. The van der Waals surface area contributed by atoms with Crippen LogP contribution in [0.15, 0.2) is 42.5 Å². The molecule has 6 heteroatoms. The Labute approximate surface area is 125 Å². The molecule has 0 amide bonds. The van der Waals surface area contributed by atoms with Crippen LogP contribution in [-0.4, -0.2) is 20.0 Å². The van der Waals surface area contributed by atoms with Gasteiger partial charge in [-0.25, -0.2) is 0 Å². The Morgan fingerprint density at radius 1 is 0.955 bits per heavy atom. The average molecular weight is 310 g/mol. The molecule has 0 saturated carbocycles. The second-order valence-corrected chi connectivity index (χ2v) is 4.47. The number of rotatable bonds is 4. The Bertz CT molecular complexity index is 676. The third kappa shape index (κ3) is 3.21. The van der Waals surface area contributed by atoms with Gasteiger partial charge in [0.15, 0.2) is 5.78 Å². The van der Waals surface area contributed by atoms with Gasteiger partial charge >= 0.3 is 6.18 Å². The molecule has 0 spiro atoms. The van der Waals surface area contributed by atoms with E-state index in [2.05, 4.69) is 0 Å². The van der Waals surface area contributed by atoms with E-state index in [1.807, 2.05) is 0 Å². The molecule has 0 aliphatic carbocycles. The summed E-state index contributed by atoms with van der Waals surface area (Å²) in [6, 6.07) is 8.69. The summed E-state index contributed by atoms with van der Waals surface area (Å²) in [4.78, 5) is 12.4. The zero-order valence-electron chi connectivity index (χ0n) is 11.9. The number of hydrogen-bond donors (Lipinski definition) is 0. The number of halogens is 3. The quantitative estimate of drug-likeness (QED) is 0.802. The molecule has 0 heterocycles. The van der Waals surface area contributed by atoms with Gasteiger partial charge in [0.1, 0.15) is 11.5 Å². The lowest BCUT2D eigenvalue weighted by Crippen LogP contribution is -2.07. The summed E-state index contributed by atoms with van der Waals surface area (Å²) in [5, 5.41) is 0. The van der Waals surface area contributed by atoms with Gasteiger partial charge in [-0.2, -0.15) is 13.2 Å². The van der Waals surface area contributed by atoms with Crippen molar-refractivity contribution in [2.75, 3.05) is 14.2 Å². The molecule has 2 aromatic carbocycles. The molecule has 2 rings (SSSR count). The van der Waals surface area contributed by atoms with Crippen molar-refractivity contribution in [1.29, 1.82) is 0 Å². The van der Waals surface area contributed by atoms with Crippen LogP contribution in [0.25, 0.3) is 0 Å². The molecular weight excluding hydrogens is 297 g/mol. The van der Waals surface area contributed by atoms with Crippen molar-refractivity contribution < 1.29 is 27.4 Å². The molecule has 3 nitrogen and oxygen atoms in total. The van der Waals surface area contributed by atoms with Crippen LogP contribution in [0, 0.1) is 0 Å². The van der Waals surface area contributed by atoms with E-state index in [0.29, 0.717) is 11.5 Å². The SMILES string of the molecule is COc1ccc(C(=O)c2ccc(C(F)(F)F)cc2)c(OC)c1. The van der Waals surface area contributed by atoms with Crippen LogP contribution < -0.4 is 9.47 Å². The number of carbonyl (C=O) groups is 1. The lowest BCUT2D eigenvalue weighted by atomic mass is 10.0. The maximum Gasteiger partial charge on any atom is 0.416 e. The summed E-state index contributed by atoms with van der Waals surface area (Å²) in [5.74, 6) is 0.387. The highest BCUT2D eigenvalue weighted by Gasteiger charge is 2.30. The van der Waals surface area contributed by atoms with Crippen LogP contribution in [0.3, 0.4) is 0 Å². The van der Waals surface area contributed by atoms with Crippen LogP contribution in [0.5, 0.6) is 11.5 Å². The largest absolute Gasteiger partial charge is 0.497 e. The summed E-state index contributed by atoms with van der Waals surface area (Å²) >= 11 is 0. The first-order valence-electron chi connectivity index (χ1n) is 6.31. The predicted octanol–water partition coefficient (Wildman–Crippen LogP) is 3.95. The van der Waals surface area contributed by atoms with E-state index in [1.165, 1.54) is 26.4 Å². The molecule has 0 N–H and O–H groups in total. The number of ketones is 1. The van der Waals surface area contributed by atoms with E-state index in [4.69, 9.17) is 9.47 Å². The van der Waals surface area contributed by atoms with E-state index >= 15 is 0 Å². The second kappa shape index (κ2) is 6.09. The van der Waals surface area contributed by atoms with E-state index in [1.54, 1.807) is 6.07 Å². The molecule has 0 atom stereocenters. The fourth-order valence-electron chi connectivity index (χ4n) is 1.95. The molecule has 0 saturated heterocycles. The maximum atomic E-state index is 12.5. The molecule has 116 valence electrons. The van der Waals surface area contributed by atoms with E-state index < -0.39 is 17.5 Å². The first-order valence-corrected chi connectivity index (χ1v) is 6.31. The number of hydrogen-bond acceptors (Lipinski definition) is 3. The summed E-state index contributed by atoms with van der Waals surface area (Å²) in [6.07, 6.45) is -4.43. The number of carbonyl (C=O) groups excluding carboxylic acids is 1. The van der Waals surface area contributed by atoms with Gasteiger partial charge in [-0.05, 0) is 24.3 Å². The molecule has 0 aromatic heterocycles. The number of methoxy groups -OCH3 is 2. The highest BCUT2D eigenvalue weighted by Crippen LogP contribution is 2.30. The van der Waals surface area contributed by atoms with E-state index in [0.717, 1.165) is 24.3 Å². The molecule has 22 heavy (non-hydrogen) atoms. The highest BCUT2D eigenvalue weighted by atomic mass is 19.4. The van der Waals surface area contributed by atoms with Gasteiger partial charge in [0, 0.05) is 11.6 Å². The van der Waals surface area contributed by atoms with Gasteiger partial charge in [-0.1, -0.05) is 12.1 Å². The summed E-state index contributed by atoms with van der Waals surface area (Å²) < 4.78 is 47.7. The van der Waals surface area contributed by atoms with Crippen LogP contribution in [0.1, 0.15) is 21.5 Å². The summed E-state index contributed by atoms with van der Waals surface area (Å²) in [6.45, 7) is 0. The van der Waals surface area contributed by atoms with E-state index in [-0.39, 0.29) is 11.1 Å². The Morgan fingerprint density at radius 3 is 2.09 bits per heavy atom. The van der Waals surface area contributed by atoms with E-state index in [9.17, 15) is 18.0 Å². The van der Waals surface area contributed by atoms with Crippen molar-refractivity contribution in [3.05, 3.63) is 59.2 Å². The van der Waals surface area contributed by atoms with Crippen LogP contribution in [0.2, 0.25) is 0 Å².